The maximum absolute atomic E-state index is 11.5. The molecule has 0 aromatic heterocycles. The molecule has 17 heavy (non-hydrogen) atoms. The van der Waals surface area contributed by atoms with E-state index >= 15 is 0 Å². The van der Waals surface area contributed by atoms with Gasteiger partial charge in [-0.2, -0.15) is 0 Å². The first-order valence-corrected chi connectivity index (χ1v) is 6.13. The molecule has 0 saturated carbocycles. The Morgan fingerprint density at radius 3 is 2.29 bits per heavy atom. The van der Waals surface area contributed by atoms with E-state index in [0.29, 0.717) is 34.1 Å². The smallest absolute Gasteiger partial charge is 0.314 e. The Bertz CT molecular complexity index is 442. The number of halogens is 2. The summed E-state index contributed by atoms with van der Waals surface area (Å²) in [6.45, 7) is 3.62. The van der Waals surface area contributed by atoms with Gasteiger partial charge in [0.25, 0.3) is 0 Å². The minimum absolute atomic E-state index is 0.292. The van der Waals surface area contributed by atoms with E-state index in [1.807, 2.05) is 13.8 Å². The quantitative estimate of drug-likeness (QED) is 0.824. The molecule has 1 rings (SSSR count). The summed E-state index contributed by atoms with van der Waals surface area (Å²) < 4.78 is 0. The van der Waals surface area contributed by atoms with Gasteiger partial charge in [-0.05, 0) is 30.5 Å². The van der Waals surface area contributed by atoms with Crippen LogP contribution in [-0.4, -0.2) is 11.1 Å². The second-order valence-electron chi connectivity index (χ2n) is 3.94. The summed E-state index contributed by atoms with van der Waals surface area (Å²) in [6, 6.07) is 3.10. The molecule has 1 aromatic carbocycles. The van der Waals surface area contributed by atoms with Crippen LogP contribution in [0, 0.1) is 0 Å². The number of rotatable bonds is 4. The van der Waals surface area contributed by atoms with Crippen LogP contribution in [0.15, 0.2) is 12.1 Å². The molecule has 3 nitrogen and oxygen atoms in total. The first-order valence-electron chi connectivity index (χ1n) is 5.37. The molecule has 0 bridgehead atoms. The number of nitrogens with two attached hydrogens (primary N) is 1. The molecule has 0 aliphatic heterocycles. The zero-order valence-corrected chi connectivity index (χ0v) is 11.3. The summed E-state index contributed by atoms with van der Waals surface area (Å²) in [5, 5.41) is 10.1. The highest BCUT2D eigenvalue weighted by Gasteiger charge is 2.39. The average molecular weight is 276 g/mol. The van der Waals surface area contributed by atoms with E-state index in [4.69, 9.17) is 28.9 Å². The van der Waals surface area contributed by atoms with Crippen molar-refractivity contribution in [2.24, 2.45) is 0 Å². The van der Waals surface area contributed by atoms with Crippen molar-refractivity contribution in [1.29, 1.82) is 0 Å². The highest BCUT2D eigenvalue weighted by molar-refractivity contribution is 6.36. The fraction of sp³-hybridized carbons (Fsp3) is 0.417. The molecule has 0 aliphatic carbocycles. The van der Waals surface area contributed by atoms with E-state index < -0.39 is 11.4 Å². The molecule has 0 radical (unpaired) electrons. The van der Waals surface area contributed by atoms with Crippen molar-refractivity contribution in [3.8, 4) is 0 Å². The maximum Gasteiger partial charge on any atom is 0.314 e. The predicted molar refractivity (Wildman–Crippen MR) is 70.8 cm³/mol. The van der Waals surface area contributed by atoms with Gasteiger partial charge in [-0.25, -0.2) is 0 Å². The van der Waals surface area contributed by atoms with Crippen LogP contribution in [0.5, 0.6) is 0 Å². The maximum atomic E-state index is 11.5. The average Bonchev–Trinajstić information content (AvgIpc) is 2.26. The minimum Gasteiger partial charge on any atom is -0.481 e. The Kier molecular flexibility index (Phi) is 4.28. The standard InChI is InChI=1S/C12H15Cl2NO2/c1-3-12(4-2,11(16)17)8-5-7(13)6-9(14)10(8)15/h5-6H,3-4,15H2,1-2H3,(H,16,17). The Morgan fingerprint density at radius 1 is 1.35 bits per heavy atom. The van der Waals surface area contributed by atoms with Crippen LogP contribution in [0.1, 0.15) is 32.3 Å². The Labute approximate surface area is 111 Å². The van der Waals surface area contributed by atoms with Gasteiger partial charge in [-0.15, -0.1) is 0 Å². The Balaban J connectivity index is 3.53. The lowest BCUT2D eigenvalue weighted by molar-refractivity contribution is -0.144. The van der Waals surface area contributed by atoms with Crippen molar-refractivity contribution in [3.63, 3.8) is 0 Å². The molecule has 5 heteroatoms. The van der Waals surface area contributed by atoms with Crippen LogP contribution in [0.2, 0.25) is 10.0 Å². The first-order chi connectivity index (χ1) is 7.89. The van der Waals surface area contributed by atoms with E-state index in [9.17, 15) is 9.90 Å². The zero-order valence-electron chi connectivity index (χ0n) is 9.76. The van der Waals surface area contributed by atoms with Gasteiger partial charge in [0.15, 0.2) is 0 Å². The number of carbonyl (C=O) groups is 1. The Hall–Kier alpha value is -0.930. The predicted octanol–water partition coefficient (Wildman–Crippen LogP) is 3.72. The highest BCUT2D eigenvalue weighted by atomic mass is 35.5. The van der Waals surface area contributed by atoms with E-state index in [1.54, 1.807) is 6.07 Å². The second kappa shape index (κ2) is 5.15. The van der Waals surface area contributed by atoms with E-state index in [-0.39, 0.29) is 0 Å². The van der Waals surface area contributed by atoms with Crippen molar-refractivity contribution in [2.45, 2.75) is 32.1 Å². The Morgan fingerprint density at radius 2 is 1.88 bits per heavy atom. The van der Waals surface area contributed by atoms with Gasteiger partial charge in [-0.1, -0.05) is 37.0 Å². The molecule has 0 atom stereocenters. The molecular weight excluding hydrogens is 261 g/mol. The van der Waals surface area contributed by atoms with E-state index in [0.717, 1.165) is 0 Å². The lowest BCUT2D eigenvalue weighted by atomic mass is 9.75. The van der Waals surface area contributed by atoms with Crippen molar-refractivity contribution in [2.75, 3.05) is 5.73 Å². The number of hydrogen-bond acceptors (Lipinski definition) is 2. The molecule has 3 N–H and O–H groups in total. The molecule has 0 spiro atoms. The van der Waals surface area contributed by atoms with Gasteiger partial charge in [0.1, 0.15) is 0 Å². The fourth-order valence-corrected chi connectivity index (χ4v) is 2.52. The fourth-order valence-electron chi connectivity index (χ4n) is 2.03. The number of hydrogen-bond donors (Lipinski definition) is 2. The van der Waals surface area contributed by atoms with Gasteiger partial charge in [0.05, 0.1) is 16.1 Å². The molecule has 0 aliphatic rings. The van der Waals surface area contributed by atoms with E-state index in [2.05, 4.69) is 0 Å². The van der Waals surface area contributed by atoms with Crippen LogP contribution in [-0.2, 0) is 10.2 Å². The molecule has 0 unspecified atom stereocenters. The molecular formula is C12H15Cl2NO2. The molecule has 0 heterocycles. The normalized spacial score (nSPS) is 11.5. The number of nitrogen functional groups attached to an aromatic ring is 1. The summed E-state index contributed by atoms with van der Waals surface area (Å²) in [5.41, 5.74) is 5.63. The van der Waals surface area contributed by atoms with Gasteiger partial charge in [0.2, 0.25) is 0 Å². The molecule has 1 aromatic rings. The van der Waals surface area contributed by atoms with Gasteiger partial charge < -0.3 is 10.8 Å². The van der Waals surface area contributed by atoms with Gasteiger partial charge >= 0.3 is 5.97 Å². The third-order valence-electron chi connectivity index (χ3n) is 3.23. The van der Waals surface area contributed by atoms with E-state index in [1.165, 1.54) is 6.07 Å². The van der Waals surface area contributed by atoms with Crippen LogP contribution in [0.4, 0.5) is 5.69 Å². The van der Waals surface area contributed by atoms with Crippen molar-refractivity contribution < 1.29 is 9.90 Å². The summed E-state index contributed by atoms with van der Waals surface area (Å²) >= 11 is 11.9. The first kappa shape index (κ1) is 14.1. The highest BCUT2D eigenvalue weighted by Crippen LogP contribution is 2.40. The molecule has 0 amide bonds. The lowest BCUT2D eigenvalue weighted by Gasteiger charge is -2.29. The SMILES string of the molecule is CCC(CC)(C(=O)O)c1cc(Cl)cc(Cl)c1N. The summed E-state index contributed by atoms with van der Waals surface area (Å²) in [7, 11) is 0. The molecule has 0 fully saturated rings. The second-order valence-corrected chi connectivity index (χ2v) is 4.79. The summed E-state index contributed by atoms with van der Waals surface area (Å²) in [5.74, 6) is -0.910. The van der Waals surface area contributed by atoms with Crippen molar-refractivity contribution in [3.05, 3.63) is 27.7 Å². The lowest BCUT2D eigenvalue weighted by Crippen LogP contribution is -2.35. The number of benzene rings is 1. The van der Waals surface area contributed by atoms with Crippen LogP contribution in [0.25, 0.3) is 0 Å². The zero-order chi connectivity index (χ0) is 13.2. The van der Waals surface area contributed by atoms with Crippen molar-refractivity contribution >= 4 is 34.9 Å². The summed E-state index contributed by atoms with van der Waals surface area (Å²) in [6.07, 6.45) is 0.861. The number of aliphatic carboxylic acids is 1. The molecule has 94 valence electrons. The topological polar surface area (TPSA) is 63.3 Å². The largest absolute Gasteiger partial charge is 0.481 e. The van der Waals surface area contributed by atoms with Gasteiger partial charge in [-0.3, -0.25) is 4.79 Å². The number of carboxylic acids is 1. The minimum atomic E-state index is -1.03. The number of carboxylic acid groups (broad SMARTS) is 1. The monoisotopic (exact) mass is 275 g/mol. The third-order valence-corrected chi connectivity index (χ3v) is 3.76. The van der Waals surface area contributed by atoms with Crippen molar-refractivity contribution in [1.82, 2.24) is 0 Å². The van der Waals surface area contributed by atoms with Gasteiger partial charge in [0, 0.05) is 5.02 Å². The number of anilines is 1. The van der Waals surface area contributed by atoms with Crippen LogP contribution in [0.3, 0.4) is 0 Å². The van der Waals surface area contributed by atoms with Crippen LogP contribution >= 0.6 is 23.2 Å². The molecule has 0 saturated heterocycles. The third kappa shape index (κ3) is 2.35. The van der Waals surface area contributed by atoms with Crippen LogP contribution < -0.4 is 5.73 Å². The summed E-state index contributed by atoms with van der Waals surface area (Å²) in [4.78, 5) is 11.5.